The summed E-state index contributed by atoms with van der Waals surface area (Å²) in [7, 11) is 0. The second-order valence-electron chi connectivity index (χ2n) is 7.89. The van der Waals surface area contributed by atoms with Crippen molar-refractivity contribution in [3.63, 3.8) is 0 Å². The highest BCUT2D eigenvalue weighted by atomic mass is 19.1. The van der Waals surface area contributed by atoms with Gasteiger partial charge in [-0.1, -0.05) is 68.9 Å². The highest BCUT2D eigenvalue weighted by molar-refractivity contribution is 5.65. The monoisotopic (exact) mass is 362 g/mol. The van der Waals surface area contributed by atoms with E-state index in [2.05, 4.69) is 37.8 Å². The molecule has 0 radical (unpaired) electrons. The first-order valence-electron chi connectivity index (χ1n) is 10.6. The zero-order valence-corrected chi connectivity index (χ0v) is 16.7. The van der Waals surface area contributed by atoms with Crippen molar-refractivity contribution in [3.05, 3.63) is 59.4 Å². The summed E-state index contributed by atoms with van der Waals surface area (Å²) in [5, 5.41) is 0. The molecule has 1 heteroatoms. The summed E-state index contributed by atoms with van der Waals surface area (Å²) in [5.41, 5.74) is 3.70. The molecule has 0 N–H and O–H groups in total. The van der Waals surface area contributed by atoms with Crippen molar-refractivity contribution >= 4 is 0 Å². The fourth-order valence-electron chi connectivity index (χ4n) is 3.96. The van der Waals surface area contributed by atoms with E-state index in [9.17, 15) is 4.39 Å². The molecule has 1 aliphatic carbocycles. The van der Waals surface area contributed by atoms with E-state index < -0.39 is 0 Å². The molecule has 1 fully saturated rings. The van der Waals surface area contributed by atoms with Gasteiger partial charge in [-0.2, -0.15) is 0 Å². The third-order valence-electron chi connectivity index (χ3n) is 5.90. The molecule has 27 heavy (non-hydrogen) atoms. The molecule has 0 aliphatic heterocycles. The highest BCUT2D eigenvalue weighted by Crippen LogP contribution is 2.30. The van der Waals surface area contributed by atoms with Gasteiger partial charge in [0.2, 0.25) is 0 Å². The van der Waals surface area contributed by atoms with Gasteiger partial charge in [0, 0.05) is 17.0 Å². The van der Waals surface area contributed by atoms with Gasteiger partial charge in [0.1, 0.15) is 5.82 Å². The number of benzene rings is 2. The molecule has 0 aromatic heterocycles. The van der Waals surface area contributed by atoms with Gasteiger partial charge in [-0.25, -0.2) is 4.39 Å². The Bertz CT molecular complexity index is 783. The Morgan fingerprint density at radius 3 is 2.33 bits per heavy atom. The van der Waals surface area contributed by atoms with E-state index in [4.69, 9.17) is 0 Å². The predicted octanol–water partition coefficient (Wildman–Crippen LogP) is 7.40. The molecule has 0 nitrogen and oxygen atoms in total. The third kappa shape index (κ3) is 5.46. The summed E-state index contributed by atoms with van der Waals surface area (Å²) < 4.78 is 14.6. The van der Waals surface area contributed by atoms with Crippen molar-refractivity contribution in [2.45, 2.75) is 65.2 Å². The van der Waals surface area contributed by atoms with Crippen LogP contribution in [-0.4, -0.2) is 0 Å². The lowest BCUT2D eigenvalue weighted by Crippen LogP contribution is -2.12. The molecular weight excluding hydrogens is 331 g/mol. The van der Waals surface area contributed by atoms with E-state index >= 15 is 0 Å². The smallest absolute Gasteiger partial charge is 0.132 e. The Morgan fingerprint density at radius 1 is 0.963 bits per heavy atom. The number of halogens is 1. The summed E-state index contributed by atoms with van der Waals surface area (Å²) in [4.78, 5) is 0. The van der Waals surface area contributed by atoms with E-state index in [-0.39, 0.29) is 5.82 Å². The van der Waals surface area contributed by atoms with Crippen molar-refractivity contribution in [2.24, 2.45) is 11.8 Å². The molecule has 0 spiro atoms. The lowest BCUT2D eigenvalue weighted by molar-refractivity contribution is 0.309. The zero-order chi connectivity index (χ0) is 19.1. The first-order chi connectivity index (χ1) is 13.2. The van der Waals surface area contributed by atoms with Gasteiger partial charge in [0.05, 0.1) is 0 Å². The third-order valence-corrected chi connectivity index (χ3v) is 5.90. The minimum absolute atomic E-state index is 0.183. The largest absolute Gasteiger partial charge is 0.206 e. The fourth-order valence-corrected chi connectivity index (χ4v) is 3.96. The standard InChI is InChI=1S/C26H31F/c1-3-5-6-21-13-16-24(17-14-21)25-18-15-23(19-26(25)27)12-11-22-9-7-20(4-2)8-10-22/h13-20,22H,3-10H2,1-2H3/t20-,22-. The number of hydrogen-bond acceptors (Lipinski definition) is 0. The summed E-state index contributed by atoms with van der Waals surface area (Å²) >= 11 is 0. The summed E-state index contributed by atoms with van der Waals surface area (Å²) in [6.07, 6.45) is 9.72. The quantitative estimate of drug-likeness (QED) is 0.486. The Kier molecular flexibility index (Phi) is 7.11. The van der Waals surface area contributed by atoms with E-state index in [0.29, 0.717) is 11.5 Å². The van der Waals surface area contributed by atoms with Crippen molar-refractivity contribution < 1.29 is 4.39 Å². The van der Waals surface area contributed by atoms with Crippen LogP contribution < -0.4 is 0 Å². The second-order valence-corrected chi connectivity index (χ2v) is 7.89. The van der Waals surface area contributed by atoms with Crippen LogP contribution in [0.3, 0.4) is 0 Å². The van der Waals surface area contributed by atoms with Crippen LogP contribution in [0.2, 0.25) is 0 Å². The molecule has 3 rings (SSSR count). The van der Waals surface area contributed by atoms with Crippen LogP contribution in [0.25, 0.3) is 11.1 Å². The molecule has 1 aliphatic rings. The minimum atomic E-state index is -0.183. The molecule has 0 atom stereocenters. The maximum atomic E-state index is 14.6. The van der Waals surface area contributed by atoms with Crippen molar-refractivity contribution in [1.29, 1.82) is 0 Å². The van der Waals surface area contributed by atoms with Crippen LogP contribution in [0.1, 0.15) is 69.9 Å². The van der Waals surface area contributed by atoms with Gasteiger partial charge < -0.3 is 0 Å². The number of unbranched alkanes of at least 4 members (excludes halogenated alkanes) is 1. The average molecular weight is 363 g/mol. The molecule has 0 amide bonds. The molecule has 0 heterocycles. The van der Waals surface area contributed by atoms with Crippen LogP contribution in [0.5, 0.6) is 0 Å². The zero-order valence-electron chi connectivity index (χ0n) is 16.7. The molecule has 0 saturated heterocycles. The lowest BCUT2D eigenvalue weighted by Gasteiger charge is -2.24. The molecule has 2 aromatic carbocycles. The van der Waals surface area contributed by atoms with E-state index in [0.717, 1.165) is 23.5 Å². The summed E-state index contributed by atoms with van der Waals surface area (Å²) in [5.74, 6) is 7.77. The van der Waals surface area contributed by atoms with Gasteiger partial charge in [-0.15, -0.1) is 0 Å². The SMILES string of the molecule is CCCCc1ccc(-c2ccc(C#C[C@H]3CC[C@H](CC)CC3)cc2F)cc1. The normalized spacial score (nSPS) is 19.4. The van der Waals surface area contributed by atoms with Gasteiger partial charge >= 0.3 is 0 Å². The Morgan fingerprint density at radius 2 is 1.70 bits per heavy atom. The van der Waals surface area contributed by atoms with Crippen molar-refractivity contribution in [1.82, 2.24) is 0 Å². The molecule has 0 unspecified atom stereocenters. The summed E-state index contributed by atoms with van der Waals surface area (Å²) in [6, 6.07) is 13.7. The van der Waals surface area contributed by atoms with Gasteiger partial charge in [0.25, 0.3) is 0 Å². The average Bonchev–Trinajstić information content (AvgIpc) is 2.71. The van der Waals surface area contributed by atoms with Crippen LogP contribution in [0.15, 0.2) is 42.5 Å². The van der Waals surface area contributed by atoms with Gasteiger partial charge in [-0.05, 0) is 67.7 Å². The van der Waals surface area contributed by atoms with Crippen molar-refractivity contribution in [3.8, 4) is 23.0 Å². The molecule has 2 aromatic rings. The Balaban J connectivity index is 1.67. The Hall–Kier alpha value is -2.07. The fraction of sp³-hybridized carbons (Fsp3) is 0.462. The molecular formula is C26H31F. The highest BCUT2D eigenvalue weighted by Gasteiger charge is 2.18. The topological polar surface area (TPSA) is 0 Å². The first-order valence-corrected chi connectivity index (χ1v) is 10.6. The van der Waals surface area contributed by atoms with Crippen molar-refractivity contribution in [2.75, 3.05) is 0 Å². The van der Waals surface area contributed by atoms with E-state index in [1.807, 2.05) is 24.3 Å². The number of aryl methyl sites for hydroxylation is 1. The summed E-state index contributed by atoms with van der Waals surface area (Å²) in [6.45, 7) is 4.48. The van der Waals surface area contributed by atoms with Crippen LogP contribution in [-0.2, 0) is 6.42 Å². The molecule has 1 saturated carbocycles. The van der Waals surface area contributed by atoms with Crippen LogP contribution >= 0.6 is 0 Å². The first kappa shape index (κ1) is 19.7. The number of rotatable bonds is 5. The van der Waals surface area contributed by atoms with E-state index in [1.54, 1.807) is 6.07 Å². The maximum Gasteiger partial charge on any atom is 0.132 e. The molecule has 0 bridgehead atoms. The van der Waals surface area contributed by atoms with Crippen LogP contribution in [0, 0.1) is 29.5 Å². The lowest BCUT2D eigenvalue weighted by atomic mass is 9.81. The number of hydrogen-bond donors (Lipinski definition) is 0. The van der Waals surface area contributed by atoms with Gasteiger partial charge in [-0.3, -0.25) is 0 Å². The van der Waals surface area contributed by atoms with Crippen LogP contribution in [0.4, 0.5) is 4.39 Å². The maximum absolute atomic E-state index is 14.6. The Labute approximate surface area is 164 Å². The van der Waals surface area contributed by atoms with Gasteiger partial charge in [0.15, 0.2) is 0 Å². The van der Waals surface area contributed by atoms with E-state index in [1.165, 1.54) is 50.5 Å². The second kappa shape index (κ2) is 9.75. The minimum Gasteiger partial charge on any atom is -0.206 e. The molecule has 142 valence electrons. The predicted molar refractivity (Wildman–Crippen MR) is 113 cm³/mol.